The van der Waals surface area contributed by atoms with Crippen molar-refractivity contribution in [2.45, 2.75) is 0 Å². The van der Waals surface area contributed by atoms with Gasteiger partial charge in [-0.3, -0.25) is 4.98 Å². The summed E-state index contributed by atoms with van der Waals surface area (Å²) in [6.45, 7) is 0. The summed E-state index contributed by atoms with van der Waals surface area (Å²) in [5.41, 5.74) is 1.38. The van der Waals surface area contributed by atoms with Crippen LogP contribution in [0.2, 0.25) is 0 Å². The Bertz CT molecular complexity index is 520. The third-order valence-electron chi connectivity index (χ3n) is 2.11. The maximum Gasteiger partial charge on any atom is 0.245 e. The van der Waals surface area contributed by atoms with Crippen LogP contribution in [0.25, 0.3) is 23.0 Å². The van der Waals surface area contributed by atoms with Gasteiger partial charge in [-0.2, -0.15) is 0 Å². The van der Waals surface area contributed by atoms with E-state index in [1.165, 1.54) is 12.5 Å². The smallest absolute Gasteiger partial charge is 0.245 e. The van der Waals surface area contributed by atoms with Crippen molar-refractivity contribution in [3.63, 3.8) is 0 Å². The molecule has 3 aromatic rings. The van der Waals surface area contributed by atoms with Crippen LogP contribution in [0.1, 0.15) is 0 Å². The molecule has 5 heteroatoms. The Kier molecular flexibility index (Phi) is 2.00. The molecule has 0 N–H and O–H groups in total. The first-order valence-electron chi connectivity index (χ1n) is 4.70. The lowest BCUT2D eigenvalue weighted by molar-refractivity contribution is 0.565. The van der Waals surface area contributed by atoms with E-state index in [0.717, 1.165) is 5.56 Å². The number of rotatable bonds is 2. The van der Waals surface area contributed by atoms with Crippen molar-refractivity contribution in [3.8, 4) is 23.0 Å². The summed E-state index contributed by atoms with van der Waals surface area (Å²) >= 11 is 0. The van der Waals surface area contributed by atoms with Crippen molar-refractivity contribution in [1.29, 1.82) is 0 Å². The van der Waals surface area contributed by atoms with Gasteiger partial charge in [-0.05, 0) is 12.1 Å². The monoisotopic (exact) mass is 213 g/mol. The van der Waals surface area contributed by atoms with E-state index in [4.69, 9.17) is 8.83 Å². The number of hydrogen-bond donors (Lipinski definition) is 0. The maximum absolute atomic E-state index is 5.24. The van der Waals surface area contributed by atoms with Crippen LogP contribution in [-0.2, 0) is 0 Å². The van der Waals surface area contributed by atoms with Crippen LogP contribution in [0.3, 0.4) is 0 Å². The topological polar surface area (TPSA) is 65.0 Å². The average Bonchev–Trinajstić information content (AvgIpc) is 3.03. The minimum Gasteiger partial charge on any atom is -0.444 e. The van der Waals surface area contributed by atoms with Crippen LogP contribution in [0.15, 0.2) is 52.1 Å². The molecule has 0 atom stereocenters. The minimum absolute atomic E-state index is 0.453. The van der Waals surface area contributed by atoms with E-state index < -0.39 is 0 Å². The number of nitrogens with zero attached hydrogens (tertiary/aromatic N) is 3. The van der Waals surface area contributed by atoms with Crippen LogP contribution < -0.4 is 0 Å². The SMILES string of the molecule is c1cnc(-c2ncco2)c(-c2ncco2)c1. The third kappa shape index (κ3) is 1.38. The molecule has 0 fully saturated rings. The highest BCUT2D eigenvalue weighted by Gasteiger charge is 2.14. The Labute approximate surface area is 90.8 Å². The first kappa shape index (κ1) is 8.84. The molecule has 0 amide bonds. The molecular weight excluding hydrogens is 206 g/mol. The lowest BCUT2D eigenvalue weighted by Crippen LogP contribution is -1.88. The predicted octanol–water partition coefficient (Wildman–Crippen LogP) is 2.39. The number of pyridine rings is 1. The summed E-state index contributed by atoms with van der Waals surface area (Å²) in [4.78, 5) is 12.4. The normalized spacial score (nSPS) is 10.5. The zero-order chi connectivity index (χ0) is 10.8. The van der Waals surface area contributed by atoms with Gasteiger partial charge in [0.2, 0.25) is 11.8 Å². The minimum atomic E-state index is 0.453. The van der Waals surface area contributed by atoms with Crippen LogP contribution in [-0.4, -0.2) is 15.0 Å². The lowest BCUT2D eigenvalue weighted by atomic mass is 10.2. The van der Waals surface area contributed by atoms with Gasteiger partial charge in [0.1, 0.15) is 18.2 Å². The Morgan fingerprint density at radius 1 is 0.812 bits per heavy atom. The van der Waals surface area contributed by atoms with Gasteiger partial charge in [-0.25, -0.2) is 9.97 Å². The Morgan fingerprint density at radius 2 is 1.56 bits per heavy atom. The second-order valence-corrected chi connectivity index (χ2v) is 3.07. The van der Waals surface area contributed by atoms with Crippen molar-refractivity contribution in [2.75, 3.05) is 0 Å². The van der Waals surface area contributed by atoms with E-state index in [9.17, 15) is 0 Å². The quantitative estimate of drug-likeness (QED) is 0.653. The van der Waals surface area contributed by atoms with E-state index in [0.29, 0.717) is 17.5 Å². The summed E-state index contributed by atoms with van der Waals surface area (Å²) in [7, 11) is 0. The van der Waals surface area contributed by atoms with Crippen molar-refractivity contribution in [1.82, 2.24) is 15.0 Å². The fourth-order valence-electron chi connectivity index (χ4n) is 1.45. The molecule has 3 heterocycles. The zero-order valence-electron chi connectivity index (χ0n) is 8.20. The van der Waals surface area contributed by atoms with Crippen molar-refractivity contribution in [2.24, 2.45) is 0 Å². The van der Waals surface area contributed by atoms with E-state index in [1.807, 2.05) is 12.1 Å². The van der Waals surface area contributed by atoms with E-state index in [2.05, 4.69) is 15.0 Å². The largest absolute Gasteiger partial charge is 0.444 e. The highest BCUT2D eigenvalue weighted by Crippen LogP contribution is 2.27. The Hall–Kier alpha value is -2.43. The summed E-state index contributed by atoms with van der Waals surface area (Å²) in [5.74, 6) is 0.954. The molecule has 0 radical (unpaired) electrons. The van der Waals surface area contributed by atoms with Gasteiger partial charge in [0.25, 0.3) is 0 Å². The second kappa shape index (κ2) is 3.62. The molecular formula is C11H7N3O2. The third-order valence-corrected chi connectivity index (χ3v) is 2.11. The lowest BCUT2D eigenvalue weighted by Gasteiger charge is -2.00. The van der Waals surface area contributed by atoms with Gasteiger partial charge < -0.3 is 8.83 Å². The molecule has 0 saturated carbocycles. The average molecular weight is 213 g/mol. The van der Waals surface area contributed by atoms with Gasteiger partial charge in [-0.15, -0.1) is 0 Å². The second-order valence-electron chi connectivity index (χ2n) is 3.07. The summed E-state index contributed by atoms with van der Waals surface area (Å²) in [6, 6.07) is 3.67. The summed E-state index contributed by atoms with van der Waals surface area (Å²) in [5, 5.41) is 0. The van der Waals surface area contributed by atoms with Gasteiger partial charge in [-0.1, -0.05) is 0 Å². The van der Waals surface area contributed by atoms with E-state index in [1.54, 1.807) is 18.6 Å². The van der Waals surface area contributed by atoms with Crippen molar-refractivity contribution < 1.29 is 8.83 Å². The van der Waals surface area contributed by atoms with Crippen LogP contribution in [0.5, 0.6) is 0 Å². The molecule has 78 valence electrons. The molecule has 16 heavy (non-hydrogen) atoms. The molecule has 3 aromatic heterocycles. The van der Waals surface area contributed by atoms with Crippen molar-refractivity contribution in [3.05, 3.63) is 43.2 Å². The van der Waals surface area contributed by atoms with Gasteiger partial charge >= 0.3 is 0 Å². The van der Waals surface area contributed by atoms with E-state index in [-0.39, 0.29) is 0 Å². The molecule has 3 rings (SSSR count). The number of oxazole rings is 2. The Morgan fingerprint density at radius 3 is 2.25 bits per heavy atom. The fraction of sp³-hybridized carbons (Fsp3) is 0. The molecule has 0 bridgehead atoms. The highest BCUT2D eigenvalue weighted by molar-refractivity contribution is 5.71. The molecule has 0 spiro atoms. The zero-order valence-corrected chi connectivity index (χ0v) is 8.20. The maximum atomic E-state index is 5.24. The molecule has 0 aromatic carbocycles. The summed E-state index contributed by atoms with van der Waals surface area (Å²) in [6.07, 6.45) is 7.85. The first-order chi connectivity index (χ1) is 7.95. The molecule has 0 aliphatic heterocycles. The van der Waals surface area contributed by atoms with Crippen LogP contribution in [0.4, 0.5) is 0 Å². The molecule has 0 aliphatic carbocycles. The first-order valence-corrected chi connectivity index (χ1v) is 4.70. The van der Waals surface area contributed by atoms with Gasteiger partial charge in [0.15, 0.2) is 0 Å². The van der Waals surface area contributed by atoms with Gasteiger partial charge in [0.05, 0.1) is 18.0 Å². The van der Waals surface area contributed by atoms with Crippen molar-refractivity contribution >= 4 is 0 Å². The van der Waals surface area contributed by atoms with E-state index >= 15 is 0 Å². The molecule has 0 unspecified atom stereocenters. The fourth-order valence-corrected chi connectivity index (χ4v) is 1.45. The van der Waals surface area contributed by atoms with Crippen LogP contribution in [0, 0.1) is 0 Å². The summed E-state index contributed by atoms with van der Waals surface area (Å²) < 4.78 is 10.5. The molecule has 0 aliphatic rings. The van der Waals surface area contributed by atoms with Gasteiger partial charge in [0, 0.05) is 6.20 Å². The molecule has 5 nitrogen and oxygen atoms in total. The standard InChI is InChI=1S/C11H7N3O2/c1-2-8(10-13-4-6-15-10)9(12-3-1)11-14-5-7-16-11/h1-7H. The Balaban J connectivity index is 2.19. The molecule has 0 saturated heterocycles. The number of aromatic nitrogens is 3. The van der Waals surface area contributed by atoms with Crippen LogP contribution >= 0.6 is 0 Å². The number of hydrogen-bond acceptors (Lipinski definition) is 5. The predicted molar refractivity (Wildman–Crippen MR) is 55.2 cm³/mol. The highest BCUT2D eigenvalue weighted by atomic mass is 16.3.